The normalized spacial score (nSPS) is 12.7. The van der Waals surface area contributed by atoms with Gasteiger partial charge in [0.15, 0.2) is 9.84 Å². The zero-order chi connectivity index (χ0) is 15.3. The van der Waals surface area contributed by atoms with E-state index < -0.39 is 33.5 Å². The van der Waals surface area contributed by atoms with Crippen molar-refractivity contribution in [3.8, 4) is 0 Å². The van der Waals surface area contributed by atoms with Gasteiger partial charge in [-0.1, -0.05) is 6.07 Å². The molecule has 1 rings (SSSR count). The Bertz CT molecular complexity index is 612. The van der Waals surface area contributed by atoms with E-state index in [9.17, 15) is 18.0 Å². The first-order chi connectivity index (χ1) is 9.21. The van der Waals surface area contributed by atoms with Crippen LogP contribution in [-0.2, 0) is 25.2 Å². The number of aliphatic carboxylic acids is 1. The van der Waals surface area contributed by atoms with Crippen molar-refractivity contribution in [1.82, 2.24) is 10.3 Å². The Morgan fingerprint density at radius 1 is 1.45 bits per heavy atom. The molecule has 0 saturated carbocycles. The fourth-order valence-corrected chi connectivity index (χ4v) is 3.18. The molecule has 110 valence electrons. The maximum atomic E-state index is 12.0. The summed E-state index contributed by atoms with van der Waals surface area (Å²) in [4.78, 5) is 25.8. The minimum Gasteiger partial charge on any atom is -0.480 e. The molecule has 0 aromatic carbocycles. The third kappa shape index (κ3) is 4.96. The average Bonchev–Trinajstić information content (AvgIpc) is 2.30. The Kier molecular flexibility index (Phi) is 5.20. The molecule has 0 aliphatic carbocycles. The van der Waals surface area contributed by atoms with Gasteiger partial charge in [-0.25, -0.2) is 13.2 Å². The van der Waals surface area contributed by atoms with Gasteiger partial charge in [-0.15, -0.1) is 0 Å². The third-order valence-corrected chi connectivity index (χ3v) is 4.13. The van der Waals surface area contributed by atoms with Gasteiger partial charge in [0.25, 0.3) is 0 Å². The number of nitrogens with zero attached hydrogens (tertiary/aromatic N) is 1. The number of pyridine rings is 1. The van der Waals surface area contributed by atoms with Crippen LogP contribution in [-0.4, -0.2) is 42.2 Å². The van der Waals surface area contributed by atoms with Crippen LogP contribution in [0.25, 0.3) is 0 Å². The summed E-state index contributed by atoms with van der Waals surface area (Å²) in [6.07, 6.45) is 1.47. The van der Waals surface area contributed by atoms with Crippen molar-refractivity contribution >= 4 is 21.7 Å². The lowest BCUT2D eigenvalue weighted by atomic mass is 10.2. The molecule has 0 bridgehead atoms. The second kappa shape index (κ2) is 6.47. The molecule has 7 nitrogen and oxygen atoms in total. The van der Waals surface area contributed by atoms with E-state index in [4.69, 9.17) is 5.11 Å². The van der Waals surface area contributed by atoms with E-state index >= 15 is 0 Å². The Morgan fingerprint density at radius 3 is 2.60 bits per heavy atom. The Labute approximate surface area is 116 Å². The van der Waals surface area contributed by atoms with Gasteiger partial charge in [-0.3, -0.25) is 9.78 Å². The molecule has 0 aliphatic heterocycles. The van der Waals surface area contributed by atoms with Crippen LogP contribution in [0.1, 0.15) is 18.2 Å². The van der Waals surface area contributed by atoms with Gasteiger partial charge in [-0.2, -0.15) is 0 Å². The lowest BCUT2D eigenvalue weighted by Crippen LogP contribution is -2.44. The molecule has 1 aromatic rings. The smallest absolute Gasteiger partial charge is 0.327 e. The summed E-state index contributed by atoms with van der Waals surface area (Å²) in [5, 5.41) is 11.0. The number of aryl methyl sites for hydroxylation is 1. The molecular formula is C12H16N2O5S. The van der Waals surface area contributed by atoms with Gasteiger partial charge in [0.2, 0.25) is 5.91 Å². The van der Waals surface area contributed by atoms with E-state index in [0.717, 1.165) is 6.92 Å². The molecule has 1 amide bonds. The molecule has 0 fully saturated rings. The van der Waals surface area contributed by atoms with Crippen LogP contribution in [0, 0.1) is 6.92 Å². The zero-order valence-corrected chi connectivity index (χ0v) is 12.0. The Balaban J connectivity index is 2.86. The minimum atomic E-state index is -3.71. The molecule has 0 saturated heterocycles. The SMILES string of the molecule is CC(=O)N[C@@H](CS(=O)(=O)Cc1ncccc1C)C(=O)O. The highest BCUT2D eigenvalue weighted by molar-refractivity contribution is 7.90. The number of carbonyl (C=O) groups excluding carboxylic acids is 1. The predicted molar refractivity (Wildman–Crippen MR) is 71.7 cm³/mol. The first kappa shape index (κ1) is 16.1. The molecule has 20 heavy (non-hydrogen) atoms. The second-order valence-electron chi connectivity index (χ2n) is 4.41. The molecule has 0 radical (unpaired) electrons. The monoisotopic (exact) mass is 300 g/mol. The molecule has 0 unspecified atom stereocenters. The number of amides is 1. The quantitative estimate of drug-likeness (QED) is 0.758. The number of hydrogen-bond donors (Lipinski definition) is 2. The van der Waals surface area contributed by atoms with Crippen LogP contribution in [0.5, 0.6) is 0 Å². The van der Waals surface area contributed by atoms with Gasteiger partial charge < -0.3 is 10.4 Å². The fourth-order valence-electron chi connectivity index (χ4n) is 1.61. The van der Waals surface area contributed by atoms with Crippen molar-refractivity contribution in [2.24, 2.45) is 0 Å². The van der Waals surface area contributed by atoms with Crippen LogP contribution in [0.15, 0.2) is 18.3 Å². The van der Waals surface area contributed by atoms with Gasteiger partial charge >= 0.3 is 5.97 Å². The van der Waals surface area contributed by atoms with E-state index in [-0.39, 0.29) is 5.75 Å². The predicted octanol–water partition coefficient (Wildman–Crippen LogP) is -0.106. The molecule has 0 spiro atoms. The summed E-state index contributed by atoms with van der Waals surface area (Å²) in [6, 6.07) is 1.95. The number of aromatic nitrogens is 1. The summed E-state index contributed by atoms with van der Waals surface area (Å²) < 4.78 is 24.0. The second-order valence-corrected chi connectivity index (χ2v) is 6.52. The lowest BCUT2D eigenvalue weighted by Gasteiger charge is -2.13. The Hall–Kier alpha value is -1.96. The Morgan fingerprint density at radius 2 is 2.10 bits per heavy atom. The summed E-state index contributed by atoms with van der Waals surface area (Å²) >= 11 is 0. The van der Waals surface area contributed by atoms with Crippen molar-refractivity contribution in [1.29, 1.82) is 0 Å². The maximum Gasteiger partial charge on any atom is 0.327 e. The average molecular weight is 300 g/mol. The van der Waals surface area contributed by atoms with Crippen LogP contribution in [0.3, 0.4) is 0 Å². The van der Waals surface area contributed by atoms with Crippen molar-refractivity contribution in [3.05, 3.63) is 29.6 Å². The molecular weight excluding hydrogens is 284 g/mol. The standard InChI is InChI=1S/C12H16N2O5S/c1-8-4-3-5-13-10(8)6-20(18,19)7-11(12(16)17)14-9(2)15/h3-5,11H,6-7H2,1-2H3,(H,14,15)(H,16,17)/t11-/m0/s1. The van der Waals surface area contributed by atoms with E-state index in [1.165, 1.54) is 6.20 Å². The highest BCUT2D eigenvalue weighted by Gasteiger charge is 2.26. The minimum absolute atomic E-state index is 0.358. The summed E-state index contributed by atoms with van der Waals surface area (Å²) in [6.45, 7) is 2.85. The molecule has 1 heterocycles. The zero-order valence-electron chi connectivity index (χ0n) is 11.2. The largest absolute Gasteiger partial charge is 0.480 e. The highest BCUT2D eigenvalue weighted by Crippen LogP contribution is 2.10. The van der Waals surface area contributed by atoms with Crippen LogP contribution in [0.4, 0.5) is 0 Å². The number of nitrogens with one attached hydrogen (secondary N) is 1. The number of sulfone groups is 1. The summed E-state index contributed by atoms with van der Waals surface area (Å²) in [5.41, 5.74) is 1.09. The molecule has 2 N–H and O–H groups in total. The summed E-state index contributed by atoms with van der Waals surface area (Å²) in [5.74, 6) is -3.01. The molecule has 1 atom stereocenters. The first-order valence-corrected chi connectivity index (χ1v) is 7.64. The molecule has 8 heteroatoms. The van der Waals surface area contributed by atoms with Crippen LogP contribution in [0.2, 0.25) is 0 Å². The van der Waals surface area contributed by atoms with E-state index in [1.54, 1.807) is 19.1 Å². The lowest BCUT2D eigenvalue weighted by molar-refractivity contribution is -0.140. The number of hydrogen-bond acceptors (Lipinski definition) is 5. The van der Waals surface area contributed by atoms with Gasteiger partial charge in [-0.05, 0) is 18.6 Å². The fraction of sp³-hybridized carbons (Fsp3) is 0.417. The van der Waals surface area contributed by atoms with Crippen LogP contribution < -0.4 is 5.32 Å². The van der Waals surface area contributed by atoms with Gasteiger partial charge in [0.05, 0.1) is 17.2 Å². The number of carboxylic acid groups (broad SMARTS) is 1. The van der Waals surface area contributed by atoms with E-state index in [1.807, 2.05) is 0 Å². The summed E-state index contributed by atoms with van der Waals surface area (Å²) in [7, 11) is -3.71. The number of rotatable bonds is 6. The molecule has 1 aromatic heterocycles. The van der Waals surface area contributed by atoms with Gasteiger partial charge in [0.1, 0.15) is 6.04 Å². The third-order valence-electron chi connectivity index (χ3n) is 2.57. The van der Waals surface area contributed by atoms with Crippen molar-refractivity contribution in [2.75, 3.05) is 5.75 Å². The van der Waals surface area contributed by atoms with E-state index in [2.05, 4.69) is 10.3 Å². The first-order valence-electron chi connectivity index (χ1n) is 5.82. The van der Waals surface area contributed by atoms with E-state index in [0.29, 0.717) is 11.3 Å². The topological polar surface area (TPSA) is 113 Å². The van der Waals surface area contributed by atoms with Crippen molar-refractivity contribution < 1.29 is 23.1 Å². The maximum absolute atomic E-state index is 12.0. The van der Waals surface area contributed by atoms with Gasteiger partial charge in [0, 0.05) is 13.1 Å². The van der Waals surface area contributed by atoms with Crippen molar-refractivity contribution in [3.63, 3.8) is 0 Å². The van der Waals surface area contributed by atoms with Crippen LogP contribution >= 0.6 is 0 Å². The van der Waals surface area contributed by atoms with Crippen molar-refractivity contribution in [2.45, 2.75) is 25.6 Å². The number of carboxylic acids is 1. The molecule has 0 aliphatic rings. The number of carbonyl (C=O) groups is 2. The highest BCUT2D eigenvalue weighted by atomic mass is 32.2.